The molecule has 0 atom stereocenters. The number of rotatable bonds is 2. The molecule has 0 bridgehead atoms. The summed E-state index contributed by atoms with van der Waals surface area (Å²) in [5, 5.41) is 16.3. The van der Waals surface area contributed by atoms with Crippen LogP contribution in [0.2, 0.25) is 0 Å². The predicted octanol–water partition coefficient (Wildman–Crippen LogP) is 1.08. The van der Waals surface area contributed by atoms with Gasteiger partial charge in [-0.15, -0.1) is 13.9 Å². The highest BCUT2D eigenvalue weighted by molar-refractivity contribution is 5.50. The summed E-state index contributed by atoms with van der Waals surface area (Å²) in [5.41, 5.74) is 0.847. The molecule has 18 heavy (non-hydrogen) atoms. The van der Waals surface area contributed by atoms with E-state index in [9.17, 15) is 8.78 Å². The number of benzene rings is 1. The molecule has 3 rings (SSSR count). The average Bonchev–Trinajstić information content (AvgIpc) is 2.89. The second kappa shape index (κ2) is 3.64. The molecular weight excluding hydrogens is 248 g/mol. The lowest BCUT2D eigenvalue weighted by Gasteiger charge is -2.04. The molecule has 0 saturated carbocycles. The molecule has 6 nitrogen and oxygen atoms in total. The Morgan fingerprint density at radius 1 is 1.28 bits per heavy atom. The number of alkyl halides is 2. The first-order valence-corrected chi connectivity index (χ1v) is 5.00. The summed E-state index contributed by atoms with van der Waals surface area (Å²) in [4.78, 5) is 0. The fraction of sp³-hybridized carbons (Fsp3) is 0.200. The van der Waals surface area contributed by atoms with Crippen molar-refractivity contribution in [2.75, 3.05) is 0 Å². The van der Waals surface area contributed by atoms with Gasteiger partial charge in [0.2, 0.25) is 0 Å². The number of ether oxygens (including phenoxy) is 2. The highest BCUT2D eigenvalue weighted by Crippen LogP contribution is 2.41. The molecule has 1 aromatic carbocycles. The zero-order chi connectivity index (χ0) is 12.8. The van der Waals surface area contributed by atoms with Crippen LogP contribution in [-0.4, -0.2) is 26.4 Å². The van der Waals surface area contributed by atoms with Crippen LogP contribution >= 0.6 is 0 Å². The maximum Gasteiger partial charge on any atom is 0.586 e. The first kappa shape index (κ1) is 10.9. The monoisotopic (exact) mass is 255 g/mol. The number of fused-ring (bicyclic) bond motifs is 1. The quantitative estimate of drug-likeness (QED) is 0.869. The SMILES string of the molecule is OCc1cn(-c2ccc3c(c2)OC(F)(F)O3)nn1. The molecule has 8 heteroatoms. The number of hydrogen-bond acceptors (Lipinski definition) is 5. The summed E-state index contributed by atoms with van der Waals surface area (Å²) >= 11 is 0. The first-order valence-electron chi connectivity index (χ1n) is 5.00. The molecule has 0 radical (unpaired) electrons. The molecule has 1 N–H and O–H groups in total. The Morgan fingerprint density at radius 2 is 2.06 bits per heavy atom. The van der Waals surface area contributed by atoms with Crippen LogP contribution < -0.4 is 9.47 Å². The maximum absolute atomic E-state index is 12.8. The Balaban J connectivity index is 1.97. The number of aliphatic hydroxyl groups is 1. The van der Waals surface area contributed by atoms with Crippen LogP contribution in [0.15, 0.2) is 24.4 Å². The molecule has 1 aromatic heterocycles. The largest absolute Gasteiger partial charge is 0.586 e. The number of aromatic nitrogens is 3. The number of hydrogen-bond donors (Lipinski definition) is 1. The lowest BCUT2D eigenvalue weighted by atomic mass is 10.3. The van der Waals surface area contributed by atoms with Gasteiger partial charge in [-0.05, 0) is 12.1 Å². The van der Waals surface area contributed by atoms with Gasteiger partial charge in [0.25, 0.3) is 0 Å². The number of aliphatic hydroxyl groups excluding tert-OH is 1. The Hall–Kier alpha value is -2.22. The number of nitrogens with zero attached hydrogens (tertiary/aromatic N) is 3. The minimum absolute atomic E-state index is 0.0359. The lowest BCUT2D eigenvalue weighted by Crippen LogP contribution is -2.25. The molecule has 94 valence electrons. The first-order chi connectivity index (χ1) is 8.57. The van der Waals surface area contributed by atoms with E-state index >= 15 is 0 Å². The third kappa shape index (κ3) is 1.76. The van der Waals surface area contributed by atoms with Gasteiger partial charge in [0.15, 0.2) is 11.5 Å². The van der Waals surface area contributed by atoms with Crippen LogP contribution in [0.25, 0.3) is 5.69 Å². The highest BCUT2D eigenvalue weighted by Gasteiger charge is 2.43. The zero-order valence-electron chi connectivity index (χ0n) is 8.88. The summed E-state index contributed by atoms with van der Waals surface area (Å²) in [6.45, 7) is -0.247. The fourth-order valence-electron chi connectivity index (χ4n) is 1.58. The maximum atomic E-state index is 12.8. The van der Waals surface area contributed by atoms with Crippen LogP contribution in [0.4, 0.5) is 8.78 Å². The van der Waals surface area contributed by atoms with Gasteiger partial charge < -0.3 is 14.6 Å². The second-order valence-electron chi connectivity index (χ2n) is 3.61. The van der Waals surface area contributed by atoms with Crippen molar-refractivity contribution in [3.8, 4) is 17.2 Å². The molecule has 0 spiro atoms. The summed E-state index contributed by atoms with van der Waals surface area (Å²) in [6, 6.07) is 4.23. The number of halogens is 2. The standard InChI is InChI=1S/C10H7F2N3O3/c11-10(12)17-8-2-1-7(3-9(8)18-10)15-4-6(5-16)13-14-15/h1-4,16H,5H2. The summed E-state index contributed by atoms with van der Waals surface area (Å²) < 4.78 is 35.6. The summed E-state index contributed by atoms with van der Waals surface area (Å²) in [5.74, 6) is -0.107. The van der Waals surface area contributed by atoms with Crippen molar-refractivity contribution in [1.29, 1.82) is 0 Å². The normalized spacial score (nSPS) is 15.9. The van der Waals surface area contributed by atoms with Gasteiger partial charge >= 0.3 is 6.29 Å². The van der Waals surface area contributed by atoms with E-state index in [1.807, 2.05) is 0 Å². The summed E-state index contributed by atoms with van der Waals surface area (Å²) in [7, 11) is 0. The third-order valence-corrected chi connectivity index (χ3v) is 2.35. The van der Waals surface area contributed by atoms with Crippen LogP contribution in [0.3, 0.4) is 0 Å². The molecule has 0 aliphatic carbocycles. The molecule has 1 aliphatic heterocycles. The van der Waals surface area contributed by atoms with Gasteiger partial charge in [-0.25, -0.2) is 4.68 Å². The Morgan fingerprint density at radius 3 is 2.78 bits per heavy atom. The van der Waals surface area contributed by atoms with Crippen molar-refractivity contribution < 1.29 is 23.4 Å². The third-order valence-electron chi connectivity index (χ3n) is 2.35. The van der Waals surface area contributed by atoms with Gasteiger partial charge in [0.1, 0.15) is 5.69 Å². The smallest absolute Gasteiger partial charge is 0.395 e. The van der Waals surface area contributed by atoms with Crippen molar-refractivity contribution in [2.24, 2.45) is 0 Å². The molecule has 1 aliphatic rings. The van der Waals surface area contributed by atoms with E-state index in [2.05, 4.69) is 19.8 Å². The van der Waals surface area contributed by atoms with E-state index in [4.69, 9.17) is 5.11 Å². The van der Waals surface area contributed by atoms with Crippen LogP contribution in [-0.2, 0) is 6.61 Å². The minimum Gasteiger partial charge on any atom is -0.395 e. The molecule has 0 unspecified atom stereocenters. The van der Waals surface area contributed by atoms with E-state index in [0.717, 1.165) is 0 Å². The van der Waals surface area contributed by atoms with E-state index in [1.54, 1.807) is 0 Å². The predicted molar refractivity (Wildman–Crippen MR) is 53.5 cm³/mol. The van der Waals surface area contributed by atoms with E-state index in [-0.39, 0.29) is 18.1 Å². The second-order valence-corrected chi connectivity index (χ2v) is 3.61. The summed E-state index contributed by atoms with van der Waals surface area (Å²) in [6.07, 6.45) is -2.16. The lowest BCUT2D eigenvalue weighted by molar-refractivity contribution is -0.286. The molecule has 0 amide bonds. The Bertz CT molecular complexity index is 600. The molecule has 2 aromatic rings. The fourth-order valence-corrected chi connectivity index (χ4v) is 1.58. The van der Waals surface area contributed by atoms with Crippen molar-refractivity contribution >= 4 is 0 Å². The zero-order valence-corrected chi connectivity index (χ0v) is 8.88. The average molecular weight is 255 g/mol. The van der Waals surface area contributed by atoms with E-state index in [0.29, 0.717) is 11.4 Å². The van der Waals surface area contributed by atoms with Gasteiger partial charge in [-0.1, -0.05) is 5.21 Å². The van der Waals surface area contributed by atoms with Crippen LogP contribution in [0.1, 0.15) is 5.69 Å². The van der Waals surface area contributed by atoms with Gasteiger partial charge in [-0.3, -0.25) is 0 Å². The minimum atomic E-state index is -3.64. The van der Waals surface area contributed by atoms with E-state index in [1.165, 1.54) is 29.1 Å². The van der Waals surface area contributed by atoms with Crippen LogP contribution in [0, 0.1) is 0 Å². The highest BCUT2D eigenvalue weighted by atomic mass is 19.3. The van der Waals surface area contributed by atoms with Crippen molar-refractivity contribution in [2.45, 2.75) is 12.9 Å². The van der Waals surface area contributed by atoms with E-state index < -0.39 is 6.29 Å². The van der Waals surface area contributed by atoms with Crippen molar-refractivity contribution in [3.05, 3.63) is 30.1 Å². The Labute approximate surface area is 99.4 Å². The van der Waals surface area contributed by atoms with Gasteiger partial charge in [0, 0.05) is 6.07 Å². The molecule has 2 heterocycles. The van der Waals surface area contributed by atoms with Gasteiger partial charge in [-0.2, -0.15) is 0 Å². The topological polar surface area (TPSA) is 69.4 Å². The Kier molecular flexibility index (Phi) is 2.20. The van der Waals surface area contributed by atoms with Crippen LogP contribution in [0.5, 0.6) is 11.5 Å². The molecule has 0 saturated heterocycles. The van der Waals surface area contributed by atoms with Crippen molar-refractivity contribution in [3.63, 3.8) is 0 Å². The molecular formula is C10H7F2N3O3. The van der Waals surface area contributed by atoms with Crippen molar-refractivity contribution in [1.82, 2.24) is 15.0 Å². The van der Waals surface area contributed by atoms with Gasteiger partial charge in [0.05, 0.1) is 18.5 Å². The molecule has 0 fully saturated rings.